The van der Waals surface area contributed by atoms with Gasteiger partial charge in [-0.2, -0.15) is 0 Å². The van der Waals surface area contributed by atoms with Crippen molar-refractivity contribution in [3.05, 3.63) is 206 Å². The van der Waals surface area contributed by atoms with E-state index in [0.29, 0.717) is 0 Å². The third kappa shape index (κ3) is 4.96. The summed E-state index contributed by atoms with van der Waals surface area (Å²) in [5, 5.41) is 15.1. The summed E-state index contributed by atoms with van der Waals surface area (Å²) in [4.78, 5) is 0. The monoisotopic (exact) mass is 722 g/mol. The molecule has 264 valence electrons. The van der Waals surface area contributed by atoms with E-state index in [0.717, 1.165) is 21.9 Å². The summed E-state index contributed by atoms with van der Waals surface area (Å²) in [6.45, 7) is 0. The van der Waals surface area contributed by atoms with Crippen molar-refractivity contribution >= 4 is 75.8 Å². The molecule has 0 radical (unpaired) electrons. The Kier molecular flexibility index (Phi) is 7.00. The Bertz CT molecular complexity index is 3480. The fourth-order valence-electron chi connectivity index (χ4n) is 9.43. The first-order valence-corrected chi connectivity index (χ1v) is 19.7. The molecule has 1 heteroatoms. The maximum Gasteiger partial charge on any atom is 0.135 e. The molecule has 57 heavy (non-hydrogen) atoms. The number of para-hydroxylation sites is 1. The Morgan fingerprint density at radius 3 is 1.21 bits per heavy atom. The molecule has 0 N–H and O–H groups in total. The molecular weight excluding hydrogens is 689 g/mol. The smallest absolute Gasteiger partial charge is 0.135 e. The fraction of sp³-hybridized carbons (Fsp3) is 0. The summed E-state index contributed by atoms with van der Waals surface area (Å²) in [6.07, 6.45) is 0. The Balaban J connectivity index is 0.988. The minimum absolute atomic E-state index is 0.913. The van der Waals surface area contributed by atoms with Gasteiger partial charge in [-0.1, -0.05) is 176 Å². The van der Waals surface area contributed by atoms with Crippen molar-refractivity contribution in [2.24, 2.45) is 0 Å². The molecule has 1 nitrogen and oxygen atoms in total. The lowest BCUT2D eigenvalue weighted by atomic mass is 9.85. The van der Waals surface area contributed by atoms with Crippen molar-refractivity contribution in [3.8, 4) is 44.5 Å². The van der Waals surface area contributed by atoms with E-state index in [9.17, 15) is 0 Å². The second-order valence-electron chi connectivity index (χ2n) is 15.2. The molecule has 11 aromatic carbocycles. The van der Waals surface area contributed by atoms with E-state index in [2.05, 4.69) is 194 Å². The summed E-state index contributed by atoms with van der Waals surface area (Å²) in [6, 6.07) is 75.4. The van der Waals surface area contributed by atoms with Gasteiger partial charge in [0, 0.05) is 10.8 Å². The average Bonchev–Trinajstić information content (AvgIpc) is 3.66. The highest BCUT2D eigenvalue weighted by Crippen LogP contribution is 2.45. The molecule has 0 amide bonds. The summed E-state index contributed by atoms with van der Waals surface area (Å²) in [5.74, 6) is 0. The van der Waals surface area contributed by atoms with Gasteiger partial charge in [0.2, 0.25) is 0 Å². The Hall–Kier alpha value is -7.48. The third-order valence-electron chi connectivity index (χ3n) is 12.0. The molecule has 1 aromatic heterocycles. The van der Waals surface area contributed by atoms with Crippen LogP contribution >= 0.6 is 0 Å². The van der Waals surface area contributed by atoms with Gasteiger partial charge in [0.1, 0.15) is 11.2 Å². The highest BCUT2D eigenvalue weighted by atomic mass is 16.3. The van der Waals surface area contributed by atoms with E-state index >= 15 is 0 Å². The van der Waals surface area contributed by atoms with Gasteiger partial charge in [0.15, 0.2) is 0 Å². The highest BCUT2D eigenvalue weighted by Gasteiger charge is 2.18. The van der Waals surface area contributed by atoms with Crippen LogP contribution in [0.4, 0.5) is 0 Å². The molecule has 0 saturated heterocycles. The third-order valence-corrected chi connectivity index (χ3v) is 12.0. The van der Waals surface area contributed by atoms with E-state index in [4.69, 9.17) is 4.42 Å². The molecule has 0 unspecified atom stereocenters. The first-order chi connectivity index (χ1) is 28.3. The van der Waals surface area contributed by atoms with Crippen LogP contribution in [-0.4, -0.2) is 0 Å². The molecule has 0 aliphatic carbocycles. The van der Waals surface area contributed by atoms with E-state index in [-0.39, 0.29) is 0 Å². The predicted octanol–water partition coefficient (Wildman–Crippen LogP) is 16.0. The molecule has 0 spiro atoms. The van der Waals surface area contributed by atoms with E-state index < -0.39 is 0 Å². The number of fused-ring (bicyclic) bond motifs is 11. The van der Waals surface area contributed by atoms with Gasteiger partial charge in [-0.3, -0.25) is 0 Å². The maximum atomic E-state index is 6.15. The molecule has 0 aliphatic rings. The summed E-state index contributed by atoms with van der Waals surface area (Å²) < 4.78 is 6.15. The zero-order valence-electron chi connectivity index (χ0n) is 31.0. The lowest BCUT2D eigenvalue weighted by Gasteiger charge is -2.18. The van der Waals surface area contributed by atoms with Gasteiger partial charge in [-0.05, 0) is 129 Å². The number of hydrogen-bond donors (Lipinski definition) is 0. The normalized spacial score (nSPS) is 11.9. The number of furan rings is 1. The van der Waals surface area contributed by atoms with Gasteiger partial charge < -0.3 is 4.42 Å². The van der Waals surface area contributed by atoms with Crippen molar-refractivity contribution in [2.45, 2.75) is 0 Å². The molecule has 12 aromatic rings. The summed E-state index contributed by atoms with van der Waals surface area (Å²) in [5.41, 5.74) is 11.6. The maximum absolute atomic E-state index is 6.15. The van der Waals surface area contributed by atoms with E-state index in [1.54, 1.807) is 0 Å². The number of hydrogen-bond acceptors (Lipinski definition) is 1. The minimum atomic E-state index is 0.913. The van der Waals surface area contributed by atoms with Crippen LogP contribution in [0.25, 0.3) is 120 Å². The molecule has 0 saturated carbocycles. The first-order valence-electron chi connectivity index (χ1n) is 19.7. The molecular formula is C56H34O. The van der Waals surface area contributed by atoms with Gasteiger partial charge >= 0.3 is 0 Å². The van der Waals surface area contributed by atoms with Crippen LogP contribution < -0.4 is 0 Å². The summed E-state index contributed by atoms with van der Waals surface area (Å²) in [7, 11) is 0. The molecule has 0 aliphatic heterocycles. The van der Waals surface area contributed by atoms with Crippen molar-refractivity contribution in [3.63, 3.8) is 0 Å². The molecule has 0 fully saturated rings. The van der Waals surface area contributed by atoms with Crippen LogP contribution in [0.5, 0.6) is 0 Å². The van der Waals surface area contributed by atoms with Crippen LogP contribution in [-0.2, 0) is 0 Å². The minimum Gasteiger partial charge on any atom is -0.456 e. The molecule has 12 rings (SSSR count). The standard InChI is InChI=1S/C56H34O/c1-2-16-43-41(14-1)42-15-3-4-17-44(42)51-33-38(28-30-45(43)51)35-24-26-36(27-25-35)55-47-19-5-7-21-49(47)56(50-22-8-6-20-48(50)55)40-13-11-12-37(32-40)39-29-31-54-52(34-39)46-18-9-10-23-53(46)57-54/h1-34H. The largest absolute Gasteiger partial charge is 0.456 e. The molecule has 1 heterocycles. The van der Waals surface area contributed by atoms with Gasteiger partial charge in [-0.15, -0.1) is 0 Å². The van der Waals surface area contributed by atoms with Crippen LogP contribution in [0.3, 0.4) is 0 Å². The second kappa shape index (κ2) is 12.5. The van der Waals surface area contributed by atoms with Gasteiger partial charge in [0.25, 0.3) is 0 Å². The van der Waals surface area contributed by atoms with Crippen molar-refractivity contribution in [1.29, 1.82) is 0 Å². The van der Waals surface area contributed by atoms with Crippen LogP contribution in [0.2, 0.25) is 0 Å². The van der Waals surface area contributed by atoms with Crippen molar-refractivity contribution in [2.75, 3.05) is 0 Å². The Morgan fingerprint density at radius 1 is 0.193 bits per heavy atom. The lowest BCUT2D eigenvalue weighted by Crippen LogP contribution is -1.91. The van der Waals surface area contributed by atoms with Gasteiger partial charge in [-0.25, -0.2) is 0 Å². The number of rotatable bonds is 4. The van der Waals surface area contributed by atoms with Crippen molar-refractivity contribution < 1.29 is 4.42 Å². The molecule has 0 atom stereocenters. The fourth-order valence-corrected chi connectivity index (χ4v) is 9.43. The lowest BCUT2D eigenvalue weighted by molar-refractivity contribution is 0.669. The highest BCUT2D eigenvalue weighted by molar-refractivity contribution is 6.26. The van der Waals surface area contributed by atoms with E-state index in [1.165, 1.54) is 98.4 Å². The zero-order chi connectivity index (χ0) is 37.5. The predicted molar refractivity (Wildman–Crippen MR) is 243 cm³/mol. The van der Waals surface area contributed by atoms with Crippen LogP contribution in [0.1, 0.15) is 0 Å². The van der Waals surface area contributed by atoms with Crippen LogP contribution in [0.15, 0.2) is 211 Å². The molecule has 0 bridgehead atoms. The zero-order valence-corrected chi connectivity index (χ0v) is 31.0. The quantitative estimate of drug-likeness (QED) is 0.130. The Morgan fingerprint density at radius 2 is 0.579 bits per heavy atom. The Labute approximate surface area is 329 Å². The van der Waals surface area contributed by atoms with E-state index in [1.807, 2.05) is 12.1 Å². The van der Waals surface area contributed by atoms with Gasteiger partial charge in [0.05, 0.1) is 0 Å². The number of benzene rings is 11. The average molecular weight is 723 g/mol. The second-order valence-corrected chi connectivity index (χ2v) is 15.2. The van der Waals surface area contributed by atoms with Crippen molar-refractivity contribution in [1.82, 2.24) is 0 Å². The topological polar surface area (TPSA) is 13.1 Å². The van der Waals surface area contributed by atoms with Crippen LogP contribution in [0, 0.1) is 0 Å². The first kappa shape index (κ1) is 31.8. The SMILES string of the molecule is c1cc(-c2ccc3oc4ccccc4c3c2)cc(-c2c3ccccc3c(-c3ccc(-c4ccc5c6ccccc6c6ccccc6c5c4)cc3)c3ccccc23)c1. The summed E-state index contributed by atoms with van der Waals surface area (Å²) >= 11 is 0.